The van der Waals surface area contributed by atoms with Crippen LogP contribution in [0.5, 0.6) is 5.75 Å². The molecular formula is C25H28N2O3. The number of hydrogen-bond donors (Lipinski definition) is 2. The Morgan fingerprint density at radius 3 is 2.33 bits per heavy atom. The maximum absolute atomic E-state index is 12.8. The number of rotatable bonds is 8. The first-order chi connectivity index (χ1) is 14.5. The van der Waals surface area contributed by atoms with Crippen molar-refractivity contribution in [1.29, 1.82) is 0 Å². The van der Waals surface area contributed by atoms with Crippen LogP contribution >= 0.6 is 0 Å². The maximum Gasteiger partial charge on any atom is 0.243 e. The summed E-state index contributed by atoms with van der Waals surface area (Å²) in [5, 5.41) is 7.98. The average Bonchev–Trinajstić information content (AvgIpc) is 2.76. The van der Waals surface area contributed by atoms with Crippen LogP contribution in [0.2, 0.25) is 0 Å². The molecule has 0 saturated heterocycles. The van der Waals surface area contributed by atoms with E-state index in [1.54, 1.807) is 7.11 Å². The zero-order chi connectivity index (χ0) is 21.5. The monoisotopic (exact) mass is 404 g/mol. The topological polar surface area (TPSA) is 67.4 Å². The van der Waals surface area contributed by atoms with Crippen molar-refractivity contribution in [3.05, 3.63) is 77.9 Å². The van der Waals surface area contributed by atoms with Crippen molar-refractivity contribution in [1.82, 2.24) is 10.6 Å². The molecule has 3 rings (SSSR count). The van der Waals surface area contributed by atoms with Crippen LogP contribution in [0.3, 0.4) is 0 Å². The minimum Gasteiger partial charge on any atom is -0.496 e. The van der Waals surface area contributed by atoms with Gasteiger partial charge in [0, 0.05) is 12.1 Å². The van der Waals surface area contributed by atoms with Crippen molar-refractivity contribution in [3.8, 4) is 5.75 Å². The van der Waals surface area contributed by atoms with E-state index in [1.165, 1.54) is 0 Å². The third-order valence-corrected chi connectivity index (χ3v) is 5.14. The Kier molecular flexibility index (Phi) is 7.07. The molecule has 0 bridgehead atoms. The largest absolute Gasteiger partial charge is 0.496 e. The number of carbonyl (C=O) groups is 2. The highest BCUT2D eigenvalue weighted by atomic mass is 16.5. The molecule has 0 aliphatic heterocycles. The third kappa shape index (κ3) is 5.17. The number of ether oxygens (including phenoxy) is 1. The molecule has 3 aromatic carbocycles. The van der Waals surface area contributed by atoms with Crippen LogP contribution < -0.4 is 15.4 Å². The fourth-order valence-electron chi connectivity index (χ4n) is 3.52. The first-order valence-electron chi connectivity index (χ1n) is 10.1. The van der Waals surface area contributed by atoms with Crippen LogP contribution in [0.1, 0.15) is 25.0 Å². The second-order valence-electron chi connectivity index (χ2n) is 7.63. The van der Waals surface area contributed by atoms with Gasteiger partial charge in [-0.1, -0.05) is 74.5 Å². The van der Waals surface area contributed by atoms with E-state index in [0.717, 1.165) is 27.6 Å². The number of benzene rings is 3. The molecule has 0 aliphatic rings. The highest BCUT2D eigenvalue weighted by Crippen LogP contribution is 2.19. The molecule has 2 amide bonds. The summed E-state index contributed by atoms with van der Waals surface area (Å²) in [6.07, 6.45) is 0.227. The van der Waals surface area contributed by atoms with Gasteiger partial charge in [-0.15, -0.1) is 0 Å². The second-order valence-corrected chi connectivity index (χ2v) is 7.63. The van der Waals surface area contributed by atoms with E-state index in [1.807, 2.05) is 80.6 Å². The smallest absolute Gasteiger partial charge is 0.243 e. The lowest BCUT2D eigenvalue weighted by molar-refractivity contribution is -0.129. The SMILES string of the molecule is COc1ccccc1CNC(=O)[C@@H](NC(=O)Cc1cccc2ccccc12)C(C)C. The number of methoxy groups -OCH3 is 1. The molecule has 0 unspecified atom stereocenters. The van der Waals surface area contributed by atoms with Gasteiger partial charge in [0.25, 0.3) is 0 Å². The number of hydrogen-bond acceptors (Lipinski definition) is 3. The quantitative estimate of drug-likeness (QED) is 0.599. The zero-order valence-electron chi connectivity index (χ0n) is 17.6. The van der Waals surface area contributed by atoms with E-state index < -0.39 is 6.04 Å². The van der Waals surface area contributed by atoms with E-state index >= 15 is 0 Å². The summed E-state index contributed by atoms with van der Waals surface area (Å²) in [6.45, 7) is 4.18. The highest BCUT2D eigenvalue weighted by Gasteiger charge is 2.24. The summed E-state index contributed by atoms with van der Waals surface area (Å²) in [5.41, 5.74) is 1.83. The Bertz CT molecular complexity index is 1020. The lowest BCUT2D eigenvalue weighted by atomic mass is 10.00. The number of fused-ring (bicyclic) bond motifs is 1. The van der Waals surface area contributed by atoms with Crippen molar-refractivity contribution in [2.75, 3.05) is 7.11 Å². The zero-order valence-corrected chi connectivity index (χ0v) is 17.6. The Balaban J connectivity index is 1.65. The van der Waals surface area contributed by atoms with Crippen molar-refractivity contribution < 1.29 is 14.3 Å². The molecule has 3 aromatic rings. The van der Waals surface area contributed by atoms with Gasteiger partial charge in [0.2, 0.25) is 11.8 Å². The summed E-state index contributed by atoms with van der Waals surface area (Å²) in [6, 6.07) is 20.8. The standard InChI is InChI=1S/C25H28N2O3/c1-17(2)24(25(29)26-16-20-10-5-7-14-22(20)30-3)27-23(28)15-19-12-8-11-18-9-4-6-13-21(18)19/h4-14,17,24H,15-16H2,1-3H3,(H,26,29)(H,27,28)/t24-/m0/s1. The number of amides is 2. The average molecular weight is 405 g/mol. The lowest BCUT2D eigenvalue weighted by Crippen LogP contribution is -2.49. The highest BCUT2D eigenvalue weighted by molar-refractivity contribution is 5.92. The Labute approximate surface area is 177 Å². The first kappa shape index (κ1) is 21.4. The fourth-order valence-corrected chi connectivity index (χ4v) is 3.52. The minimum absolute atomic E-state index is 0.0425. The van der Waals surface area contributed by atoms with Crippen LogP contribution in [-0.2, 0) is 22.6 Å². The summed E-state index contributed by atoms with van der Waals surface area (Å²) in [5.74, 6) is 0.303. The fraction of sp³-hybridized carbons (Fsp3) is 0.280. The van der Waals surface area contributed by atoms with Gasteiger partial charge >= 0.3 is 0 Å². The van der Waals surface area contributed by atoms with Crippen LogP contribution in [0, 0.1) is 5.92 Å². The molecule has 30 heavy (non-hydrogen) atoms. The van der Waals surface area contributed by atoms with E-state index in [0.29, 0.717) is 6.54 Å². The van der Waals surface area contributed by atoms with Crippen molar-refractivity contribution in [2.24, 2.45) is 5.92 Å². The van der Waals surface area contributed by atoms with Crippen LogP contribution in [0.25, 0.3) is 10.8 Å². The lowest BCUT2D eigenvalue weighted by Gasteiger charge is -2.22. The third-order valence-electron chi connectivity index (χ3n) is 5.14. The molecule has 0 radical (unpaired) electrons. The van der Waals surface area contributed by atoms with Crippen molar-refractivity contribution >= 4 is 22.6 Å². The molecule has 0 aliphatic carbocycles. The molecule has 0 spiro atoms. The molecule has 0 saturated carbocycles. The van der Waals surface area contributed by atoms with Crippen LogP contribution in [0.4, 0.5) is 0 Å². The van der Waals surface area contributed by atoms with Gasteiger partial charge in [0.05, 0.1) is 13.5 Å². The molecule has 5 nitrogen and oxygen atoms in total. The summed E-state index contributed by atoms with van der Waals surface area (Å²) in [4.78, 5) is 25.5. The molecule has 5 heteroatoms. The van der Waals surface area contributed by atoms with Gasteiger partial charge in [-0.25, -0.2) is 0 Å². The predicted octanol–water partition coefficient (Wildman–Crippen LogP) is 3.85. The van der Waals surface area contributed by atoms with E-state index in [9.17, 15) is 9.59 Å². The molecule has 0 fully saturated rings. The molecule has 1 atom stereocenters. The second kappa shape index (κ2) is 9.92. The van der Waals surface area contributed by atoms with E-state index in [4.69, 9.17) is 4.74 Å². The number of para-hydroxylation sites is 1. The number of carbonyl (C=O) groups excluding carboxylic acids is 2. The van der Waals surface area contributed by atoms with Crippen LogP contribution in [0.15, 0.2) is 66.7 Å². The van der Waals surface area contributed by atoms with Crippen molar-refractivity contribution in [2.45, 2.75) is 32.9 Å². The normalized spacial score (nSPS) is 11.9. The molecule has 0 heterocycles. The van der Waals surface area contributed by atoms with E-state index in [-0.39, 0.29) is 24.2 Å². The van der Waals surface area contributed by atoms with Gasteiger partial charge in [-0.2, -0.15) is 0 Å². The molecule has 156 valence electrons. The number of nitrogens with one attached hydrogen (secondary N) is 2. The van der Waals surface area contributed by atoms with Crippen LogP contribution in [-0.4, -0.2) is 25.0 Å². The molecular weight excluding hydrogens is 376 g/mol. The van der Waals surface area contributed by atoms with E-state index in [2.05, 4.69) is 10.6 Å². The minimum atomic E-state index is -0.609. The maximum atomic E-state index is 12.8. The van der Waals surface area contributed by atoms with Gasteiger partial charge in [-0.05, 0) is 28.3 Å². The Hall–Kier alpha value is -3.34. The Morgan fingerprint density at radius 1 is 0.900 bits per heavy atom. The van der Waals surface area contributed by atoms with Crippen molar-refractivity contribution in [3.63, 3.8) is 0 Å². The van der Waals surface area contributed by atoms with Gasteiger partial charge in [0.15, 0.2) is 0 Å². The summed E-state index contributed by atoms with van der Waals surface area (Å²) >= 11 is 0. The first-order valence-corrected chi connectivity index (χ1v) is 10.1. The Morgan fingerprint density at radius 2 is 1.57 bits per heavy atom. The van der Waals surface area contributed by atoms with Gasteiger partial charge in [-0.3, -0.25) is 9.59 Å². The van der Waals surface area contributed by atoms with Gasteiger partial charge < -0.3 is 15.4 Å². The predicted molar refractivity (Wildman–Crippen MR) is 119 cm³/mol. The molecule has 2 N–H and O–H groups in total. The summed E-state index contributed by atoms with van der Waals surface area (Å²) in [7, 11) is 1.60. The summed E-state index contributed by atoms with van der Waals surface area (Å²) < 4.78 is 5.33. The molecule has 0 aromatic heterocycles. The van der Waals surface area contributed by atoms with Gasteiger partial charge in [0.1, 0.15) is 11.8 Å².